The first-order valence-electron chi connectivity index (χ1n) is 10.9. The van der Waals surface area contributed by atoms with Gasteiger partial charge >= 0.3 is 12.1 Å². The molecular weight excluding hydrogens is 400 g/mol. The zero-order chi connectivity index (χ0) is 22.9. The highest BCUT2D eigenvalue weighted by Gasteiger charge is 2.33. The molecule has 1 saturated heterocycles. The van der Waals surface area contributed by atoms with Crippen molar-refractivity contribution in [1.82, 2.24) is 10.2 Å². The van der Waals surface area contributed by atoms with Gasteiger partial charge in [-0.25, -0.2) is 4.79 Å². The number of likely N-dealkylation sites (N-methyl/N-ethyl adjacent to an activating group) is 1. The van der Waals surface area contributed by atoms with E-state index in [2.05, 4.69) is 30.3 Å². The molecule has 1 fully saturated rings. The van der Waals surface area contributed by atoms with Crippen LogP contribution in [0.2, 0.25) is 0 Å². The second kappa shape index (κ2) is 11.7. The van der Waals surface area contributed by atoms with Gasteiger partial charge in [-0.1, -0.05) is 25.5 Å². The van der Waals surface area contributed by atoms with Gasteiger partial charge in [-0.15, -0.1) is 0 Å². The van der Waals surface area contributed by atoms with Crippen LogP contribution in [-0.2, 0) is 19.7 Å². The predicted octanol–water partition coefficient (Wildman–Crippen LogP) is 3.34. The number of hydrogen-bond acceptors (Lipinski definition) is 6. The Morgan fingerprint density at radius 2 is 2.06 bits per heavy atom. The highest BCUT2D eigenvalue weighted by atomic mass is 16.7. The van der Waals surface area contributed by atoms with E-state index in [0.717, 1.165) is 37.9 Å². The normalized spacial score (nSPS) is 20.4. The molecule has 2 N–H and O–H groups in total. The van der Waals surface area contributed by atoms with Crippen molar-refractivity contribution in [2.75, 3.05) is 26.7 Å². The highest BCUT2D eigenvalue weighted by molar-refractivity contribution is 5.77. The third kappa shape index (κ3) is 7.86. The largest absolute Gasteiger partial charge is 0.514 e. The molecule has 2 atom stereocenters. The molecule has 0 saturated carbocycles. The third-order valence-corrected chi connectivity index (χ3v) is 5.77. The standard InChI is InChI=1S/C23H34N2O6/c1-4-23(11-5-6-13-25(3)16-23)18-8-7-9-19(15-18)31-22(29)30-17(2)14-20(26)24-12-10-21(27)28/h7-9,15,17H,4-6,10-14,16H2,1-3H3,(H,24,26)(H,27,28)/t17-,23?/m1/s1. The second-order valence-corrected chi connectivity index (χ2v) is 8.33. The first-order valence-corrected chi connectivity index (χ1v) is 10.9. The number of likely N-dealkylation sites (tertiary alicyclic amines) is 1. The predicted molar refractivity (Wildman–Crippen MR) is 116 cm³/mol. The fourth-order valence-electron chi connectivity index (χ4n) is 4.11. The zero-order valence-corrected chi connectivity index (χ0v) is 18.7. The van der Waals surface area contributed by atoms with Crippen molar-refractivity contribution in [3.8, 4) is 5.75 Å². The molecule has 172 valence electrons. The lowest BCUT2D eigenvalue weighted by Crippen LogP contribution is -2.37. The number of benzene rings is 1. The Morgan fingerprint density at radius 3 is 2.77 bits per heavy atom. The molecule has 0 radical (unpaired) electrons. The Balaban J connectivity index is 1.93. The van der Waals surface area contributed by atoms with E-state index in [1.807, 2.05) is 12.1 Å². The molecule has 0 aromatic heterocycles. The highest BCUT2D eigenvalue weighted by Crippen LogP contribution is 2.37. The summed E-state index contributed by atoms with van der Waals surface area (Å²) in [5, 5.41) is 11.1. The lowest BCUT2D eigenvalue weighted by Gasteiger charge is -2.35. The van der Waals surface area contributed by atoms with E-state index in [1.54, 1.807) is 13.0 Å². The van der Waals surface area contributed by atoms with E-state index in [9.17, 15) is 14.4 Å². The van der Waals surface area contributed by atoms with Gasteiger partial charge in [-0.3, -0.25) is 9.59 Å². The molecule has 1 unspecified atom stereocenters. The number of carbonyl (C=O) groups is 3. The lowest BCUT2D eigenvalue weighted by molar-refractivity contribution is -0.136. The molecule has 1 amide bonds. The summed E-state index contributed by atoms with van der Waals surface area (Å²) in [5.41, 5.74) is 1.18. The smallest absolute Gasteiger partial charge is 0.481 e. The van der Waals surface area contributed by atoms with Crippen molar-refractivity contribution in [2.45, 2.75) is 63.9 Å². The number of rotatable bonds is 9. The van der Waals surface area contributed by atoms with Crippen LogP contribution in [0.15, 0.2) is 24.3 Å². The molecule has 0 bridgehead atoms. The van der Waals surface area contributed by atoms with Gasteiger partial charge in [0.15, 0.2) is 0 Å². The molecule has 31 heavy (non-hydrogen) atoms. The van der Waals surface area contributed by atoms with Crippen LogP contribution in [-0.4, -0.2) is 60.8 Å². The minimum Gasteiger partial charge on any atom is -0.481 e. The molecule has 8 heteroatoms. The van der Waals surface area contributed by atoms with E-state index in [4.69, 9.17) is 14.6 Å². The summed E-state index contributed by atoms with van der Waals surface area (Å²) in [5.74, 6) is -0.956. The fraction of sp³-hybridized carbons (Fsp3) is 0.609. The van der Waals surface area contributed by atoms with E-state index in [1.165, 1.54) is 6.42 Å². The summed E-state index contributed by atoms with van der Waals surface area (Å²) in [6.07, 6.45) is 2.65. The first-order chi connectivity index (χ1) is 14.7. The van der Waals surface area contributed by atoms with Gasteiger partial charge in [0, 0.05) is 18.5 Å². The maximum atomic E-state index is 12.2. The number of hydrogen-bond donors (Lipinski definition) is 2. The van der Waals surface area contributed by atoms with Crippen molar-refractivity contribution < 1.29 is 29.0 Å². The van der Waals surface area contributed by atoms with Gasteiger partial charge < -0.3 is 24.8 Å². The minimum absolute atomic E-state index is 0.0237. The summed E-state index contributed by atoms with van der Waals surface area (Å²) in [7, 11) is 2.15. The van der Waals surface area contributed by atoms with Crippen LogP contribution in [0.1, 0.15) is 57.9 Å². The van der Waals surface area contributed by atoms with Gasteiger partial charge in [0.1, 0.15) is 11.9 Å². The molecular formula is C23H34N2O6. The van der Waals surface area contributed by atoms with Crippen molar-refractivity contribution in [2.24, 2.45) is 0 Å². The Labute approximate surface area is 183 Å². The SMILES string of the molecule is CCC1(c2cccc(OC(=O)O[C@H](C)CC(=O)NCCC(=O)O)c2)CCCCN(C)C1. The average molecular weight is 435 g/mol. The van der Waals surface area contributed by atoms with E-state index < -0.39 is 18.2 Å². The molecule has 8 nitrogen and oxygen atoms in total. The Kier molecular flexibility index (Phi) is 9.30. The van der Waals surface area contributed by atoms with Crippen LogP contribution in [0.4, 0.5) is 4.79 Å². The molecule has 0 spiro atoms. The van der Waals surface area contributed by atoms with Gasteiger partial charge in [-0.05, 0) is 57.5 Å². The number of aliphatic carboxylic acids is 1. The van der Waals surface area contributed by atoms with Gasteiger partial charge in [0.05, 0.1) is 12.8 Å². The number of nitrogens with zero attached hydrogens (tertiary/aromatic N) is 1. The van der Waals surface area contributed by atoms with E-state index in [0.29, 0.717) is 5.75 Å². The monoisotopic (exact) mass is 434 g/mol. The Hall–Kier alpha value is -2.61. The molecule has 1 aromatic rings. The fourth-order valence-corrected chi connectivity index (χ4v) is 4.11. The molecule has 2 rings (SSSR count). The average Bonchev–Trinajstić information content (AvgIpc) is 2.89. The van der Waals surface area contributed by atoms with E-state index in [-0.39, 0.29) is 30.7 Å². The maximum absolute atomic E-state index is 12.2. The molecule has 0 aliphatic carbocycles. The van der Waals surface area contributed by atoms with Crippen molar-refractivity contribution in [3.63, 3.8) is 0 Å². The zero-order valence-electron chi connectivity index (χ0n) is 18.7. The van der Waals surface area contributed by atoms with Gasteiger partial charge in [0.25, 0.3) is 0 Å². The summed E-state index contributed by atoms with van der Waals surface area (Å²) in [6.45, 7) is 5.87. The molecule has 1 aromatic carbocycles. The quantitative estimate of drug-likeness (QED) is 0.454. The van der Waals surface area contributed by atoms with E-state index >= 15 is 0 Å². The maximum Gasteiger partial charge on any atom is 0.514 e. The van der Waals surface area contributed by atoms with Crippen LogP contribution in [0, 0.1) is 0 Å². The number of ether oxygens (including phenoxy) is 2. The number of carbonyl (C=O) groups excluding carboxylic acids is 2. The summed E-state index contributed by atoms with van der Waals surface area (Å²) < 4.78 is 10.6. The number of nitrogens with one attached hydrogen (secondary N) is 1. The van der Waals surface area contributed by atoms with Crippen molar-refractivity contribution in [3.05, 3.63) is 29.8 Å². The first kappa shape index (κ1) is 24.7. The topological polar surface area (TPSA) is 105 Å². The Morgan fingerprint density at radius 1 is 1.29 bits per heavy atom. The van der Waals surface area contributed by atoms with Crippen LogP contribution >= 0.6 is 0 Å². The molecule has 1 aliphatic heterocycles. The van der Waals surface area contributed by atoms with Gasteiger partial charge in [-0.2, -0.15) is 0 Å². The summed E-state index contributed by atoms with van der Waals surface area (Å²) >= 11 is 0. The Bertz CT molecular complexity index is 768. The second-order valence-electron chi connectivity index (χ2n) is 8.33. The molecule has 1 heterocycles. The van der Waals surface area contributed by atoms with Crippen molar-refractivity contribution in [1.29, 1.82) is 0 Å². The summed E-state index contributed by atoms with van der Waals surface area (Å²) in [6, 6.07) is 7.61. The third-order valence-electron chi connectivity index (χ3n) is 5.77. The molecule has 1 aliphatic rings. The van der Waals surface area contributed by atoms with Crippen LogP contribution < -0.4 is 10.1 Å². The number of carboxylic acids is 1. The number of amides is 1. The van der Waals surface area contributed by atoms with Crippen LogP contribution in [0.25, 0.3) is 0 Å². The van der Waals surface area contributed by atoms with Crippen LogP contribution in [0.3, 0.4) is 0 Å². The number of carboxylic acid groups (broad SMARTS) is 1. The van der Waals surface area contributed by atoms with Gasteiger partial charge in [0.2, 0.25) is 5.91 Å². The lowest BCUT2D eigenvalue weighted by atomic mass is 9.74. The van der Waals surface area contributed by atoms with Crippen LogP contribution in [0.5, 0.6) is 5.75 Å². The summed E-state index contributed by atoms with van der Waals surface area (Å²) in [4.78, 5) is 36.8. The minimum atomic E-state index is -0.990. The van der Waals surface area contributed by atoms with Crippen molar-refractivity contribution >= 4 is 18.0 Å².